The molecular formula is C54H32N6. The molecule has 0 radical (unpaired) electrons. The maximum atomic E-state index is 5.14. The van der Waals surface area contributed by atoms with Gasteiger partial charge in [0.15, 0.2) is 0 Å². The first kappa shape index (κ1) is 33.9. The van der Waals surface area contributed by atoms with E-state index in [1.54, 1.807) is 0 Å². The van der Waals surface area contributed by atoms with Crippen LogP contribution in [0.3, 0.4) is 0 Å². The van der Waals surface area contributed by atoms with Crippen LogP contribution in [-0.2, 0) is 0 Å². The SMILES string of the molecule is c1ccc(-c2ccc3ccc4ccc(-c5ccc6cc(-c7ccc8nc(-c9ccc%10ccc%11ccc(-c%12ccccc%12)nc%11c%10n9)ccc8c7)ccc6n5)nc4c3n2)cc1. The Morgan fingerprint density at radius 3 is 0.883 bits per heavy atom. The molecule has 0 fully saturated rings. The van der Waals surface area contributed by atoms with E-state index >= 15 is 0 Å². The Hall–Kier alpha value is -8.22. The molecule has 6 aromatic carbocycles. The lowest BCUT2D eigenvalue weighted by molar-refractivity contribution is 1.31. The summed E-state index contributed by atoms with van der Waals surface area (Å²) in [7, 11) is 0. The number of fused-ring (bicyclic) bond motifs is 8. The predicted molar refractivity (Wildman–Crippen MR) is 245 cm³/mol. The number of hydrogen-bond acceptors (Lipinski definition) is 6. The highest BCUT2D eigenvalue weighted by Gasteiger charge is 2.13. The maximum absolute atomic E-state index is 5.14. The molecule has 0 bridgehead atoms. The highest BCUT2D eigenvalue weighted by atomic mass is 14.8. The summed E-state index contributed by atoms with van der Waals surface area (Å²) in [6.07, 6.45) is 0. The van der Waals surface area contributed by atoms with Gasteiger partial charge in [-0.25, -0.2) is 29.9 Å². The van der Waals surface area contributed by atoms with Gasteiger partial charge in [0.05, 0.1) is 67.3 Å². The van der Waals surface area contributed by atoms with Gasteiger partial charge in [0.2, 0.25) is 0 Å². The highest BCUT2D eigenvalue weighted by Crippen LogP contribution is 2.33. The van der Waals surface area contributed by atoms with Crippen LogP contribution in [0.1, 0.15) is 0 Å². The van der Waals surface area contributed by atoms with Gasteiger partial charge < -0.3 is 0 Å². The molecule has 0 atom stereocenters. The number of rotatable bonds is 5. The second-order valence-electron chi connectivity index (χ2n) is 15.1. The zero-order valence-corrected chi connectivity index (χ0v) is 32.2. The smallest absolute Gasteiger partial charge is 0.0973 e. The second-order valence-corrected chi connectivity index (χ2v) is 15.1. The van der Waals surface area contributed by atoms with E-state index < -0.39 is 0 Å². The van der Waals surface area contributed by atoms with Crippen molar-refractivity contribution in [2.75, 3.05) is 0 Å². The van der Waals surface area contributed by atoms with E-state index in [0.717, 1.165) is 122 Å². The molecule has 0 aliphatic heterocycles. The van der Waals surface area contributed by atoms with Gasteiger partial charge in [0.25, 0.3) is 0 Å². The summed E-state index contributed by atoms with van der Waals surface area (Å²) >= 11 is 0. The summed E-state index contributed by atoms with van der Waals surface area (Å²) in [5.74, 6) is 0. The summed E-state index contributed by atoms with van der Waals surface area (Å²) in [5, 5.41) is 6.33. The zero-order chi connectivity index (χ0) is 39.6. The third-order valence-electron chi connectivity index (χ3n) is 11.4. The Morgan fingerprint density at radius 1 is 0.200 bits per heavy atom. The van der Waals surface area contributed by atoms with Gasteiger partial charge in [-0.1, -0.05) is 133 Å². The Kier molecular flexibility index (Phi) is 7.74. The van der Waals surface area contributed by atoms with Crippen molar-refractivity contribution in [3.8, 4) is 56.4 Å². The van der Waals surface area contributed by atoms with E-state index in [0.29, 0.717) is 0 Å². The van der Waals surface area contributed by atoms with Crippen LogP contribution in [0, 0.1) is 0 Å². The molecule has 0 saturated carbocycles. The van der Waals surface area contributed by atoms with E-state index in [1.165, 1.54) is 0 Å². The quantitative estimate of drug-likeness (QED) is 0.162. The molecule has 278 valence electrons. The number of pyridine rings is 6. The number of aromatic nitrogens is 6. The topological polar surface area (TPSA) is 77.3 Å². The van der Waals surface area contributed by atoms with E-state index in [1.807, 2.05) is 48.5 Å². The first-order valence-electron chi connectivity index (χ1n) is 20.0. The molecule has 12 rings (SSSR count). The molecule has 6 heterocycles. The van der Waals surface area contributed by atoms with Crippen LogP contribution in [0.15, 0.2) is 194 Å². The van der Waals surface area contributed by atoms with Crippen LogP contribution in [0.2, 0.25) is 0 Å². The monoisotopic (exact) mass is 764 g/mol. The van der Waals surface area contributed by atoms with Gasteiger partial charge in [0, 0.05) is 43.4 Å². The van der Waals surface area contributed by atoms with Crippen molar-refractivity contribution in [1.82, 2.24) is 29.9 Å². The Labute approximate surface area is 344 Å². The first-order valence-corrected chi connectivity index (χ1v) is 20.0. The van der Waals surface area contributed by atoms with Gasteiger partial charge >= 0.3 is 0 Å². The highest BCUT2D eigenvalue weighted by molar-refractivity contribution is 6.05. The van der Waals surface area contributed by atoms with Crippen molar-refractivity contribution in [2.24, 2.45) is 0 Å². The lowest BCUT2D eigenvalue weighted by Crippen LogP contribution is -1.93. The van der Waals surface area contributed by atoms with Crippen LogP contribution >= 0.6 is 0 Å². The van der Waals surface area contributed by atoms with Crippen LogP contribution in [0.25, 0.3) is 122 Å². The van der Waals surface area contributed by atoms with Crippen molar-refractivity contribution in [3.63, 3.8) is 0 Å². The molecule has 6 nitrogen and oxygen atoms in total. The van der Waals surface area contributed by atoms with Crippen molar-refractivity contribution < 1.29 is 0 Å². The summed E-state index contributed by atoms with van der Waals surface area (Å²) in [6, 6.07) is 66.9. The van der Waals surface area contributed by atoms with Gasteiger partial charge in [0.1, 0.15) is 0 Å². The Bertz CT molecular complexity index is 3420. The fourth-order valence-corrected chi connectivity index (χ4v) is 8.26. The lowest BCUT2D eigenvalue weighted by atomic mass is 10.0. The molecule has 0 aliphatic carbocycles. The fourth-order valence-electron chi connectivity index (χ4n) is 8.26. The summed E-state index contributed by atoms with van der Waals surface area (Å²) in [4.78, 5) is 30.6. The van der Waals surface area contributed by atoms with Crippen LogP contribution < -0.4 is 0 Å². The minimum atomic E-state index is 0.815. The van der Waals surface area contributed by atoms with Crippen molar-refractivity contribution in [1.29, 1.82) is 0 Å². The molecule has 0 unspecified atom stereocenters. The molecule has 60 heavy (non-hydrogen) atoms. The van der Waals surface area contributed by atoms with Crippen LogP contribution in [-0.4, -0.2) is 29.9 Å². The van der Waals surface area contributed by atoms with Crippen LogP contribution in [0.4, 0.5) is 0 Å². The van der Waals surface area contributed by atoms with E-state index in [4.69, 9.17) is 29.9 Å². The van der Waals surface area contributed by atoms with E-state index in [2.05, 4.69) is 146 Å². The third kappa shape index (κ3) is 5.89. The molecule has 0 amide bonds. The van der Waals surface area contributed by atoms with E-state index in [-0.39, 0.29) is 0 Å². The van der Waals surface area contributed by atoms with Crippen molar-refractivity contribution in [2.45, 2.75) is 0 Å². The fraction of sp³-hybridized carbons (Fsp3) is 0. The van der Waals surface area contributed by atoms with Crippen LogP contribution in [0.5, 0.6) is 0 Å². The van der Waals surface area contributed by atoms with E-state index in [9.17, 15) is 0 Å². The van der Waals surface area contributed by atoms with Gasteiger partial charge in [-0.15, -0.1) is 0 Å². The lowest BCUT2D eigenvalue weighted by Gasteiger charge is -2.10. The largest absolute Gasteiger partial charge is 0.246 e. The molecule has 0 spiro atoms. The normalized spacial score (nSPS) is 11.7. The summed E-state index contributed by atoms with van der Waals surface area (Å²) < 4.78 is 0. The number of nitrogens with zero attached hydrogens (tertiary/aromatic N) is 6. The standard InChI is InChI=1S/C54H32N6/c1-3-7-33(8-4-1)43-23-15-35-11-13-37-17-27-49(59-53(37)51(35)57-43)47-29-21-41-31-39(19-25-45(41)55-47)40-20-26-46-42(32-40)22-30-48(56-46)50-28-18-38-14-12-36-16-24-44(34-9-5-2-6-10-34)58-52(36)54(38)60-50/h1-32H. The third-order valence-corrected chi connectivity index (χ3v) is 11.4. The second kappa shape index (κ2) is 13.7. The van der Waals surface area contributed by atoms with Gasteiger partial charge in [-0.3, -0.25) is 0 Å². The minimum Gasteiger partial charge on any atom is -0.246 e. The maximum Gasteiger partial charge on any atom is 0.0973 e. The van der Waals surface area contributed by atoms with Gasteiger partial charge in [-0.05, 0) is 71.8 Å². The minimum absolute atomic E-state index is 0.815. The average Bonchev–Trinajstić information content (AvgIpc) is 3.33. The molecule has 0 N–H and O–H groups in total. The molecule has 12 aromatic rings. The number of benzene rings is 6. The molecular weight excluding hydrogens is 733 g/mol. The molecule has 6 heteroatoms. The summed E-state index contributed by atoms with van der Waals surface area (Å²) in [5.41, 5.74) is 14.9. The van der Waals surface area contributed by atoms with Crippen molar-refractivity contribution >= 4 is 65.4 Å². The molecule has 6 aromatic heterocycles. The molecule has 0 saturated heterocycles. The Morgan fingerprint density at radius 2 is 0.500 bits per heavy atom. The number of hydrogen-bond donors (Lipinski definition) is 0. The summed E-state index contributed by atoms with van der Waals surface area (Å²) in [6.45, 7) is 0. The van der Waals surface area contributed by atoms with Crippen molar-refractivity contribution in [3.05, 3.63) is 194 Å². The Balaban J connectivity index is 0.848. The molecule has 0 aliphatic rings. The van der Waals surface area contributed by atoms with Gasteiger partial charge in [-0.2, -0.15) is 0 Å². The first-order chi connectivity index (χ1) is 29.7. The average molecular weight is 765 g/mol. The predicted octanol–water partition coefficient (Wildman–Crippen LogP) is 13.3. The zero-order valence-electron chi connectivity index (χ0n) is 32.2.